The fourth-order valence-corrected chi connectivity index (χ4v) is 2.42. The Hall–Kier alpha value is -2.50. The fourth-order valence-electron chi connectivity index (χ4n) is 2.42. The number of hydrogen-bond donors (Lipinski definition) is 1. The maximum absolute atomic E-state index is 12.6. The number of fused-ring (bicyclic) bond motifs is 1. The molecule has 0 unspecified atom stereocenters. The van der Waals surface area contributed by atoms with Gasteiger partial charge in [-0.1, -0.05) is 18.2 Å². The van der Waals surface area contributed by atoms with E-state index in [1.54, 1.807) is 18.2 Å². The summed E-state index contributed by atoms with van der Waals surface area (Å²) in [6.07, 6.45) is -4.36. The lowest BCUT2D eigenvalue weighted by Gasteiger charge is -2.10. The smallest absolute Gasteiger partial charge is 0.416 e. The summed E-state index contributed by atoms with van der Waals surface area (Å²) in [5.74, 6) is 0.223. The number of benzene rings is 2. The molecule has 0 aromatic heterocycles. The monoisotopic (exact) mass is 321 g/mol. The van der Waals surface area contributed by atoms with Crippen LogP contribution in [0.25, 0.3) is 11.1 Å². The number of carbonyl (C=O) groups is 1. The largest absolute Gasteiger partial charge is 0.491 e. The highest BCUT2D eigenvalue weighted by Gasteiger charge is 2.30. The van der Waals surface area contributed by atoms with Gasteiger partial charge in [0.1, 0.15) is 12.4 Å². The molecule has 1 atom stereocenters. The molecule has 1 aliphatic heterocycles. The van der Waals surface area contributed by atoms with Crippen molar-refractivity contribution in [2.24, 2.45) is 0 Å². The third-order valence-corrected chi connectivity index (χ3v) is 3.64. The van der Waals surface area contributed by atoms with Crippen molar-refractivity contribution in [3.05, 3.63) is 53.6 Å². The molecule has 23 heavy (non-hydrogen) atoms. The Morgan fingerprint density at radius 1 is 1.09 bits per heavy atom. The Balaban J connectivity index is 1.96. The molecule has 120 valence electrons. The molecule has 3 rings (SSSR count). The Morgan fingerprint density at radius 2 is 1.74 bits per heavy atom. The first kappa shape index (κ1) is 15.4. The van der Waals surface area contributed by atoms with Gasteiger partial charge in [0.15, 0.2) is 0 Å². The van der Waals surface area contributed by atoms with Gasteiger partial charge in [0.05, 0.1) is 17.2 Å². The van der Waals surface area contributed by atoms with Crippen LogP contribution in [0.15, 0.2) is 42.5 Å². The Morgan fingerprint density at radius 3 is 2.39 bits per heavy atom. The summed E-state index contributed by atoms with van der Waals surface area (Å²) in [4.78, 5) is 12.1. The predicted octanol–water partition coefficient (Wildman–Crippen LogP) is 3.88. The van der Waals surface area contributed by atoms with Crippen LogP contribution in [0, 0.1) is 0 Å². The molecule has 2 aromatic carbocycles. The summed E-state index contributed by atoms with van der Waals surface area (Å²) in [7, 11) is 0. The summed E-state index contributed by atoms with van der Waals surface area (Å²) in [5.41, 5.74) is 0.939. The first-order valence-corrected chi connectivity index (χ1v) is 7.10. The fraction of sp³-hybridized carbons (Fsp3) is 0.235. The zero-order valence-corrected chi connectivity index (χ0v) is 12.3. The number of nitrogens with one attached hydrogen (secondary N) is 1. The molecule has 3 nitrogen and oxygen atoms in total. The van der Waals surface area contributed by atoms with E-state index in [0.29, 0.717) is 29.0 Å². The topological polar surface area (TPSA) is 38.3 Å². The number of amides is 1. The normalized spacial score (nSPS) is 17.7. The standard InChI is InChI=1S/C17H14F3NO2/c1-10-9-23-15-7-4-12(8-14(15)16(22)21-10)11-2-5-13(6-3-11)17(18,19)20/h2-8,10H,9H2,1H3,(H,21,22)/t10-/m1/s1. The van der Waals surface area contributed by atoms with Gasteiger partial charge in [-0.25, -0.2) is 0 Å². The zero-order valence-electron chi connectivity index (χ0n) is 12.3. The molecule has 0 saturated heterocycles. The van der Waals surface area contributed by atoms with E-state index in [1.807, 2.05) is 6.92 Å². The van der Waals surface area contributed by atoms with Crippen molar-refractivity contribution < 1.29 is 22.7 Å². The third kappa shape index (κ3) is 3.16. The van der Waals surface area contributed by atoms with Crippen LogP contribution in [0.2, 0.25) is 0 Å². The quantitative estimate of drug-likeness (QED) is 0.865. The van der Waals surface area contributed by atoms with E-state index in [1.165, 1.54) is 12.1 Å². The lowest BCUT2D eigenvalue weighted by molar-refractivity contribution is -0.137. The molecule has 0 spiro atoms. The van der Waals surface area contributed by atoms with Crippen LogP contribution < -0.4 is 10.1 Å². The van der Waals surface area contributed by atoms with E-state index in [2.05, 4.69) is 5.32 Å². The maximum Gasteiger partial charge on any atom is 0.416 e. The Bertz CT molecular complexity index is 738. The number of ether oxygens (including phenoxy) is 1. The van der Waals surface area contributed by atoms with Gasteiger partial charge < -0.3 is 10.1 Å². The molecule has 1 amide bonds. The maximum atomic E-state index is 12.6. The summed E-state index contributed by atoms with van der Waals surface area (Å²) >= 11 is 0. The molecule has 1 heterocycles. The van der Waals surface area contributed by atoms with Gasteiger partial charge in [0.2, 0.25) is 0 Å². The summed E-state index contributed by atoms with van der Waals surface area (Å²) in [6, 6.07) is 9.75. The molecule has 0 aliphatic carbocycles. The Labute approximate surface area is 131 Å². The summed E-state index contributed by atoms with van der Waals surface area (Å²) in [5, 5.41) is 2.79. The molecule has 1 N–H and O–H groups in total. The average Bonchev–Trinajstić information content (AvgIpc) is 2.65. The van der Waals surface area contributed by atoms with Crippen molar-refractivity contribution >= 4 is 5.91 Å². The van der Waals surface area contributed by atoms with Crippen LogP contribution >= 0.6 is 0 Å². The Kier molecular flexibility index (Phi) is 3.75. The van der Waals surface area contributed by atoms with Gasteiger partial charge in [0.25, 0.3) is 5.91 Å². The number of carbonyl (C=O) groups excluding carboxylic acids is 1. The number of rotatable bonds is 1. The van der Waals surface area contributed by atoms with Gasteiger partial charge in [-0.05, 0) is 42.3 Å². The molecular formula is C17H14F3NO2. The second-order valence-electron chi connectivity index (χ2n) is 5.47. The molecule has 6 heteroatoms. The minimum atomic E-state index is -4.36. The molecule has 0 saturated carbocycles. The van der Waals surface area contributed by atoms with Gasteiger partial charge in [0, 0.05) is 0 Å². The zero-order chi connectivity index (χ0) is 16.6. The molecule has 0 bridgehead atoms. The first-order valence-electron chi connectivity index (χ1n) is 7.10. The lowest BCUT2D eigenvalue weighted by atomic mass is 10.0. The SMILES string of the molecule is C[C@@H]1COc2ccc(-c3ccc(C(F)(F)F)cc3)cc2C(=O)N1. The van der Waals surface area contributed by atoms with Crippen molar-refractivity contribution in [3.63, 3.8) is 0 Å². The van der Waals surface area contributed by atoms with Crippen molar-refractivity contribution in [2.75, 3.05) is 6.61 Å². The molecule has 0 radical (unpaired) electrons. The van der Waals surface area contributed by atoms with E-state index >= 15 is 0 Å². The van der Waals surface area contributed by atoms with E-state index in [9.17, 15) is 18.0 Å². The minimum Gasteiger partial charge on any atom is -0.491 e. The first-order chi connectivity index (χ1) is 10.8. The second kappa shape index (κ2) is 5.61. The van der Waals surface area contributed by atoms with Gasteiger partial charge in [-0.3, -0.25) is 4.79 Å². The van der Waals surface area contributed by atoms with Crippen molar-refractivity contribution in [3.8, 4) is 16.9 Å². The summed E-state index contributed by atoms with van der Waals surface area (Å²) in [6.45, 7) is 2.21. The number of halogens is 3. The average molecular weight is 321 g/mol. The van der Waals surface area contributed by atoms with E-state index < -0.39 is 11.7 Å². The number of hydrogen-bond acceptors (Lipinski definition) is 2. The molecule has 2 aromatic rings. The van der Waals surface area contributed by atoms with Gasteiger partial charge >= 0.3 is 6.18 Å². The van der Waals surface area contributed by atoms with Crippen LogP contribution in [-0.4, -0.2) is 18.6 Å². The molecule has 0 fully saturated rings. The number of alkyl halides is 3. The van der Waals surface area contributed by atoms with Gasteiger partial charge in [-0.2, -0.15) is 13.2 Å². The van der Waals surface area contributed by atoms with Crippen LogP contribution in [0.1, 0.15) is 22.8 Å². The highest BCUT2D eigenvalue weighted by molar-refractivity contribution is 5.98. The summed E-state index contributed by atoms with van der Waals surface area (Å²) < 4.78 is 43.4. The third-order valence-electron chi connectivity index (χ3n) is 3.64. The second-order valence-corrected chi connectivity index (χ2v) is 5.47. The van der Waals surface area contributed by atoms with Crippen molar-refractivity contribution in [1.82, 2.24) is 5.32 Å². The molecule has 1 aliphatic rings. The van der Waals surface area contributed by atoms with Crippen molar-refractivity contribution in [1.29, 1.82) is 0 Å². The predicted molar refractivity (Wildman–Crippen MR) is 79.3 cm³/mol. The van der Waals surface area contributed by atoms with Crippen molar-refractivity contribution in [2.45, 2.75) is 19.1 Å². The van der Waals surface area contributed by atoms with E-state index in [0.717, 1.165) is 12.1 Å². The lowest BCUT2D eigenvalue weighted by Crippen LogP contribution is -2.33. The molecular weight excluding hydrogens is 307 g/mol. The highest BCUT2D eigenvalue weighted by Crippen LogP contribution is 2.32. The van der Waals surface area contributed by atoms with Crippen LogP contribution in [0.3, 0.4) is 0 Å². The van der Waals surface area contributed by atoms with E-state index in [-0.39, 0.29) is 11.9 Å². The minimum absolute atomic E-state index is 0.107. The van der Waals surface area contributed by atoms with E-state index in [4.69, 9.17) is 4.74 Å². The highest BCUT2D eigenvalue weighted by atomic mass is 19.4. The van der Waals surface area contributed by atoms with Crippen LogP contribution in [0.4, 0.5) is 13.2 Å². The van der Waals surface area contributed by atoms with Crippen LogP contribution in [0.5, 0.6) is 5.75 Å². The van der Waals surface area contributed by atoms with Gasteiger partial charge in [-0.15, -0.1) is 0 Å². The van der Waals surface area contributed by atoms with Crippen LogP contribution in [-0.2, 0) is 6.18 Å².